The molecule has 0 spiro atoms. The second-order valence-corrected chi connectivity index (χ2v) is 10.6. The SMILES string of the molecule is CC(C)(C)N(C1=NC(=N)/C(=C2\NC(=N)C3=C2CC(Cl)CC3)S1)C(C)(C)C. The summed E-state index contributed by atoms with van der Waals surface area (Å²) in [7, 11) is 0. The highest BCUT2D eigenvalue weighted by Crippen LogP contribution is 2.43. The molecular formula is C19H28ClN5S. The van der Waals surface area contributed by atoms with Gasteiger partial charge in [-0.15, -0.1) is 11.6 Å². The monoisotopic (exact) mass is 393 g/mol. The zero-order valence-corrected chi connectivity index (χ0v) is 18.0. The van der Waals surface area contributed by atoms with E-state index in [-0.39, 0.29) is 22.3 Å². The van der Waals surface area contributed by atoms with Crippen molar-refractivity contribution in [2.45, 2.75) is 77.3 Å². The van der Waals surface area contributed by atoms with Gasteiger partial charge in [-0.05, 0) is 83.7 Å². The van der Waals surface area contributed by atoms with Crippen LogP contribution in [0.4, 0.5) is 0 Å². The van der Waals surface area contributed by atoms with Gasteiger partial charge in [-0.1, -0.05) is 0 Å². The van der Waals surface area contributed by atoms with Crippen LogP contribution < -0.4 is 5.32 Å². The lowest BCUT2D eigenvalue weighted by atomic mass is 9.91. The van der Waals surface area contributed by atoms with E-state index in [1.165, 1.54) is 11.8 Å². The molecule has 0 bridgehead atoms. The molecule has 7 heteroatoms. The number of nitrogens with one attached hydrogen (secondary N) is 3. The molecule has 26 heavy (non-hydrogen) atoms. The van der Waals surface area contributed by atoms with Gasteiger partial charge in [0.15, 0.2) is 11.0 Å². The minimum atomic E-state index is -0.114. The van der Waals surface area contributed by atoms with Crippen LogP contribution in [0.1, 0.15) is 60.8 Å². The number of rotatable bonds is 0. The second kappa shape index (κ2) is 6.41. The molecule has 0 aromatic rings. The summed E-state index contributed by atoms with van der Waals surface area (Å²) in [6.45, 7) is 13.0. The zero-order chi connectivity index (χ0) is 19.4. The van der Waals surface area contributed by atoms with Crippen LogP contribution in [0.3, 0.4) is 0 Å². The minimum Gasteiger partial charge on any atom is -0.341 e. The number of hydrogen-bond acceptors (Lipinski definition) is 4. The molecule has 0 aromatic heterocycles. The minimum absolute atomic E-state index is 0.0960. The van der Waals surface area contributed by atoms with E-state index >= 15 is 0 Å². The molecule has 0 radical (unpaired) electrons. The van der Waals surface area contributed by atoms with Gasteiger partial charge in [0.1, 0.15) is 5.84 Å². The first kappa shape index (κ1) is 19.5. The fourth-order valence-corrected chi connectivity index (χ4v) is 5.69. The Morgan fingerprint density at radius 3 is 2.31 bits per heavy atom. The van der Waals surface area contributed by atoms with Crippen molar-refractivity contribution in [1.82, 2.24) is 10.2 Å². The lowest BCUT2D eigenvalue weighted by molar-refractivity contribution is 0.128. The van der Waals surface area contributed by atoms with Crippen LogP contribution >= 0.6 is 23.4 Å². The highest BCUT2D eigenvalue weighted by Gasteiger charge is 2.40. The Morgan fingerprint density at radius 1 is 1.12 bits per heavy atom. The summed E-state index contributed by atoms with van der Waals surface area (Å²) in [4.78, 5) is 7.67. The molecule has 5 nitrogen and oxygen atoms in total. The molecule has 2 aliphatic heterocycles. The largest absolute Gasteiger partial charge is 0.341 e. The molecule has 3 aliphatic rings. The molecule has 1 aliphatic carbocycles. The first-order chi connectivity index (χ1) is 11.9. The van der Waals surface area contributed by atoms with Crippen molar-refractivity contribution in [3.8, 4) is 0 Å². The molecule has 0 fully saturated rings. The number of amidine groups is 3. The van der Waals surface area contributed by atoms with Crippen molar-refractivity contribution in [2.24, 2.45) is 4.99 Å². The van der Waals surface area contributed by atoms with Crippen molar-refractivity contribution in [2.75, 3.05) is 0 Å². The quantitative estimate of drug-likeness (QED) is 0.515. The van der Waals surface area contributed by atoms with Crippen LogP contribution in [-0.4, -0.2) is 38.2 Å². The van der Waals surface area contributed by atoms with Crippen LogP contribution in [-0.2, 0) is 0 Å². The maximum atomic E-state index is 8.47. The maximum absolute atomic E-state index is 8.47. The van der Waals surface area contributed by atoms with Crippen molar-refractivity contribution in [3.05, 3.63) is 21.7 Å². The van der Waals surface area contributed by atoms with Crippen molar-refractivity contribution in [3.63, 3.8) is 0 Å². The van der Waals surface area contributed by atoms with Crippen molar-refractivity contribution in [1.29, 1.82) is 10.8 Å². The summed E-state index contributed by atoms with van der Waals surface area (Å²) in [5.74, 6) is 0.723. The molecule has 0 amide bonds. The van der Waals surface area contributed by atoms with Gasteiger partial charge in [0.05, 0.1) is 10.6 Å². The second-order valence-electron chi connectivity index (χ2n) is 9.02. The molecule has 0 aromatic carbocycles. The van der Waals surface area contributed by atoms with Crippen molar-refractivity contribution < 1.29 is 0 Å². The number of halogens is 1. The number of nitrogens with zero attached hydrogens (tertiary/aromatic N) is 2. The number of aliphatic imine (C=N–C) groups is 1. The smallest absolute Gasteiger partial charge is 0.172 e. The van der Waals surface area contributed by atoms with Gasteiger partial charge < -0.3 is 10.2 Å². The third-order valence-electron chi connectivity index (χ3n) is 4.73. The van der Waals surface area contributed by atoms with Crippen LogP contribution in [0.15, 0.2) is 26.7 Å². The molecule has 0 saturated carbocycles. The summed E-state index contributed by atoms with van der Waals surface area (Å²) < 4.78 is 0. The third-order valence-corrected chi connectivity index (χ3v) is 6.16. The third kappa shape index (κ3) is 3.46. The normalized spacial score (nSPS) is 26.9. The van der Waals surface area contributed by atoms with Crippen LogP contribution in [0.5, 0.6) is 0 Å². The van der Waals surface area contributed by atoms with Gasteiger partial charge in [-0.3, -0.25) is 10.8 Å². The Kier molecular flexibility index (Phi) is 4.81. The Balaban J connectivity index is 1.99. The lowest BCUT2D eigenvalue weighted by Gasteiger charge is -2.46. The van der Waals surface area contributed by atoms with E-state index in [1.54, 1.807) is 0 Å². The molecule has 1 atom stereocenters. The summed E-state index contributed by atoms with van der Waals surface area (Å²) >= 11 is 7.92. The van der Waals surface area contributed by atoms with Gasteiger partial charge in [-0.2, -0.15) is 0 Å². The molecule has 2 heterocycles. The van der Waals surface area contributed by atoms with E-state index in [0.717, 1.165) is 46.2 Å². The molecule has 1 unspecified atom stereocenters. The van der Waals surface area contributed by atoms with E-state index in [9.17, 15) is 0 Å². The first-order valence-electron chi connectivity index (χ1n) is 9.02. The van der Waals surface area contributed by atoms with Gasteiger partial charge >= 0.3 is 0 Å². The van der Waals surface area contributed by atoms with Gasteiger partial charge in [0.25, 0.3) is 0 Å². The van der Waals surface area contributed by atoms with E-state index < -0.39 is 0 Å². The average molecular weight is 394 g/mol. The first-order valence-corrected chi connectivity index (χ1v) is 10.3. The predicted octanol–water partition coefficient (Wildman–Crippen LogP) is 4.85. The lowest BCUT2D eigenvalue weighted by Crippen LogP contribution is -2.54. The Hall–Kier alpha value is -1.27. The number of thioether (sulfide) groups is 1. The summed E-state index contributed by atoms with van der Waals surface area (Å²) in [6.07, 6.45) is 2.48. The fraction of sp³-hybridized carbons (Fsp3) is 0.632. The zero-order valence-electron chi connectivity index (χ0n) is 16.4. The molecule has 142 valence electrons. The van der Waals surface area contributed by atoms with Gasteiger partial charge in [0, 0.05) is 16.5 Å². The topological polar surface area (TPSA) is 75.3 Å². The summed E-state index contributed by atoms with van der Waals surface area (Å²) in [5, 5.41) is 20.9. The van der Waals surface area contributed by atoms with Gasteiger partial charge in [0.2, 0.25) is 0 Å². The summed E-state index contributed by atoms with van der Waals surface area (Å²) in [6, 6.07) is 0. The standard InChI is InChI=1S/C19H28ClN5S/c1-18(2,3)25(19(4,5)6)17-24-16(22)14(26-17)13-12-9-10(20)7-8-11(12)15(21)23-13/h10,22H,7-9H2,1-6H3,(H2,21,23)/b14-13+,22-16?. The summed E-state index contributed by atoms with van der Waals surface area (Å²) in [5.41, 5.74) is 2.79. The van der Waals surface area contributed by atoms with E-state index in [1.807, 2.05) is 0 Å². The Labute approximate surface area is 165 Å². The fourth-order valence-electron chi connectivity index (χ4n) is 4.05. The van der Waals surface area contributed by atoms with Crippen LogP contribution in [0.2, 0.25) is 0 Å². The van der Waals surface area contributed by atoms with Gasteiger partial charge in [-0.25, -0.2) is 4.99 Å². The molecule has 3 N–H and O–H groups in total. The number of hydrogen-bond donors (Lipinski definition) is 3. The average Bonchev–Trinajstić information content (AvgIpc) is 2.96. The van der Waals surface area contributed by atoms with E-state index in [2.05, 4.69) is 56.8 Å². The highest BCUT2D eigenvalue weighted by molar-refractivity contribution is 8.18. The number of alkyl halides is 1. The van der Waals surface area contributed by atoms with Crippen molar-refractivity contribution >= 4 is 40.2 Å². The molecular weight excluding hydrogens is 366 g/mol. The predicted molar refractivity (Wildman–Crippen MR) is 113 cm³/mol. The van der Waals surface area contributed by atoms with Crippen LogP contribution in [0.25, 0.3) is 0 Å². The van der Waals surface area contributed by atoms with Crippen LogP contribution in [0, 0.1) is 10.8 Å². The molecule has 3 rings (SSSR count). The Morgan fingerprint density at radius 2 is 1.73 bits per heavy atom. The maximum Gasteiger partial charge on any atom is 0.172 e. The van der Waals surface area contributed by atoms with E-state index in [0.29, 0.717) is 5.84 Å². The highest BCUT2D eigenvalue weighted by atomic mass is 35.5. The Bertz CT molecular complexity index is 750. The van der Waals surface area contributed by atoms with E-state index in [4.69, 9.17) is 22.4 Å². The number of allylic oxidation sites excluding steroid dienone is 1. The molecule has 0 saturated heterocycles.